The van der Waals surface area contributed by atoms with Gasteiger partial charge in [-0.15, -0.1) is 0 Å². The van der Waals surface area contributed by atoms with Crippen LogP contribution in [0.2, 0.25) is 0 Å². The first-order chi connectivity index (χ1) is 30.7. The Labute approximate surface area is 386 Å². The first-order valence-corrected chi connectivity index (χ1v) is 24.2. The summed E-state index contributed by atoms with van der Waals surface area (Å²) in [5, 5.41) is 108. The minimum Gasteiger partial charge on any atom is -0.481 e. The van der Waals surface area contributed by atoms with Crippen LogP contribution in [0.4, 0.5) is 0 Å². The number of ether oxygens (including phenoxy) is 6. The van der Waals surface area contributed by atoms with E-state index in [4.69, 9.17) is 28.4 Å². The summed E-state index contributed by atoms with van der Waals surface area (Å²) in [6, 6.07) is 0. The number of hydrogen-bond acceptors (Lipinski definition) is 16. The van der Waals surface area contributed by atoms with E-state index in [0.717, 1.165) is 44.9 Å². The Balaban J connectivity index is 1.03. The number of aliphatic carboxylic acids is 2. The summed E-state index contributed by atoms with van der Waals surface area (Å²) < 4.78 is 35.7. The quantitative estimate of drug-likeness (QED) is 0.117. The van der Waals surface area contributed by atoms with E-state index >= 15 is 0 Å². The number of carboxylic acid groups (broad SMARTS) is 2. The topological polar surface area (TPSA) is 292 Å². The van der Waals surface area contributed by atoms with Gasteiger partial charge in [-0.2, -0.15) is 0 Å². The van der Waals surface area contributed by atoms with Gasteiger partial charge in [0.25, 0.3) is 0 Å². The maximum Gasteiger partial charge on any atom is 0.335 e. The van der Waals surface area contributed by atoms with Crippen molar-refractivity contribution < 1.29 is 89.1 Å². The molecule has 0 aromatic rings. The molecular formula is C48H76O18. The Kier molecular flexibility index (Phi) is 13.4. The van der Waals surface area contributed by atoms with Gasteiger partial charge in [-0.1, -0.05) is 60.1 Å². The summed E-state index contributed by atoms with van der Waals surface area (Å²) in [7, 11) is 0. The Bertz CT molecular complexity index is 1860. The highest BCUT2D eigenvalue weighted by Gasteiger charge is 2.70. The molecule has 66 heavy (non-hydrogen) atoms. The van der Waals surface area contributed by atoms with Crippen LogP contribution < -0.4 is 0 Å². The van der Waals surface area contributed by atoms with Gasteiger partial charge in [0, 0.05) is 0 Å². The SMILES string of the molecule is CC1OC(OC2C(OC3C(O)C(OC4CCC5(C)C(CCC6(C)C5CC=C5C7CC(C)(C)CCC7(C(=O)O)CCC56C)C4(C)C)OC(C(=O)O)C3O)OC(CO)C(O)C2O)C(O)C(O)C1O. The van der Waals surface area contributed by atoms with E-state index in [-0.39, 0.29) is 39.4 Å². The first kappa shape index (κ1) is 50.5. The lowest BCUT2D eigenvalue weighted by molar-refractivity contribution is -0.389. The molecule has 3 saturated heterocycles. The third-order valence-electron chi connectivity index (χ3n) is 19.3. The van der Waals surface area contributed by atoms with Crippen molar-refractivity contribution in [1.82, 2.24) is 0 Å². The van der Waals surface area contributed by atoms with E-state index < -0.39 is 128 Å². The third-order valence-corrected chi connectivity index (χ3v) is 19.3. The molecule has 0 radical (unpaired) electrons. The zero-order chi connectivity index (χ0) is 48.4. The molecular weight excluding hydrogens is 865 g/mol. The second-order valence-corrected chi connectivity index (χ2v) is 23.5. The van der Waals surface area contributed by atoms with Crippen molar-refractivity contribution in [3.05, 3.63) is 11.6 Å². The molecule has 0 bridgehead atoms. The van der Waals surface area contributed by atoms with Crippen molar-refractivity contribution in [2.45, 2.75) is 218 Å². The Morgan fingerprint density at radius 3 is 1.97 bits per heavy atom. The predicted molar refractivity (Wildman–Crippen MR) is 230 cm³/mol. The molecule has 0 spiro atoms. The maximum absolute atomic E-state index is 13.1. The molecule has 10 N–H and O–H groups in total. The van der Waals surface area contributed by atoms with Crippen LogP contribution in [0.5, 0.6) is 0 Å². The van der Waals surface area contributed by atoms with Crippen LogP contribution in [0.25, 0.3) is 0 Å². The van der Waals surface area contributed by atoms with Gasteiger partial charge in [0.05, 0.1) is 24.2 Å². The summed E-state index contributed by atoms with van der Waals surface area (Å²) >= 11 is 0. The zero-order valence-electron chi connectivity index (χ0n) is 39.6. The molecule has 376 valence electrons. The fourth-order valence-electron chi connectivity index (χ4n) is 15.1. The van der Waals surface area contributed by atoms with Gasteiger partial charge >= 0.3 is 11.9 Å². The van der Waals surface area contributed by atoms with E-state index in [9.17, 15) is 60.7 Å². The summed E-state index contributed by atoms with van der Waals surface area (Å²) in [5.41, 5.74) is -0.310. The maximum atomic E-state index is 13.1. The van der Waals surface area contributed by atoms with E-state index in [1.807, 2.05) is 0 Å². The highest BCUT2D eigenvalue weighted by atomic mass is 16.8. The van der Waals surface area contributed by atoms with Gasteiger partial charge in [0.2, 0.25) is 0 Å². The molecule has 4 saturated carbocycles. The number of aliphatic hydroxyl groups is 8. The van der Waals surface area contributed by atoms with Crippen molar-refractivity contribution in [2.75, 3.05) is 6.61 Å². The Morgan fingerprint density at radius 1 is 0.667 bits per heavy atom. The molecule has 23 atom stereocenters. The summed E-state index contributed by atoms with van der Waals surface area (Å²) in [6.07, 6.45) is -16.3. The van der Waals surface area contributed by atoms with Crippen molar-refractivity contribution in [2.24, 2.45) is 50.2 Å². The van der Waals surface area contributed by atoms with Crippen LogP contribution in [0.3, 0.4) is 0 Å². The fourth-order valence-corrected chi connectivity index (χ4v) is 15.1. The van der Waals surface area contributed by atoms with Crippen LogP contribution in [0.1, 0.15) is 120 Å². The summed E-state index contributed by atoms with van der Waals surface area (Å²) in [6.45, 7) is 16.6. The minimum atomic E-state index is -2.05. The number of hydrogen-bond donors (Lipinski definition) is 10. The van der Waals surface area contributed by atoms with Gasteiger partial charge in [-0.05, 0) is 116 Å². The molecule has 8 aliphatic rings. The van der Waals surface area contributed by atoms with E-state index in [1.165, 1.54) is 12.5 Å². The summed E-state index contributed by atoms with van der Waals surface area (Å²) in [4.78, 5) is 25.8. The number of aliphatic hydroxyl groups excluding tert-OH is 8. The molecule has 18 nitrogen and oxygen atoms in total. The standard InChI is InChI=1S/C48H76O18/c1-21-28(50)30(52)32(54)39(61-21)66-37-31(53)29(51)24(20-49)62-41(37)64-35-33(55)36(38(57)58)65-40(34(35)56)63-27-12-13-45(6)25(44(27,4)5)11-14-47(8)26(45)10-9-22-23-19-43(2,3)15-17-48(23,42(59)60)18-16-46(22,47)7/h9,21,23-37,39-41,49-56H,10-20H2,1-8H3,(H,57,58)(H,59,60). The van der Waals surface area contributed by atoms with Gasteiger partial charge in [-0.3, -0.25) is 4.79 Å². The second kappa shape index (κ2) is 17.5. The van der Waals surface area contributed by atoms with E-state index in [1.54, 1.807) is 0 Å². The molecule has 0 amide bonds. The number of carbonyl (C=O) groups is 2. The van der Waals surface area contributed by atoms with Crippen LogP contribution >= 0.6 is 0 Å². The molecule has 23 unspecified atom stereocenters. The number of allylic oxidation sites excluding steroid dienone is 2. The average molecular weight is 941 g/mol. The Hall–Kier alpha value is -1.88. The molecule has 8 rings (SSSR count). The van der Waals surface area contributed by atoms with Crippen LogP contribution in [0, 0.1) is 50.2 Å². The molecule has 18 heteroatoms. The van der Waals surface area contributed by atoms with Gasteiger partial charge in [0.15, 0.2) is 25.0 Å². The predicted octanol–water partition coefficient (Wildman–Crippen LogP) is 1.83. The highest BCUT2D eigenvalue weighted by Crippen LogP contribution is 2.76. The van der Waals surface area contributed by atoms with E-state index in [0.29, 0.717) is 19.3 Å². The largest absolute Gasteiger partial charge is 0.481 e. The summed E-state index contributed by atoms with van der Waals surface area (Å²) in [5.74, 6) is -1.85. The molecule has 7 fully saturated rings. The third kappa shape index (κ3) is 7.74. The lowest BCUT2D eigenvalue weighted by Crippen LogP contribution is -2.68. The molecule has 3 aliphatic heterocycles. The van der Waals surface area contributed by atoms with Crippen molar-refractivity contribution in [3.8, 4) is 0 Å². The van der Waals surface area contributed by atoms with E-state index in [2.05, 4.69) is 54.5 Å². The normalized spacial score (nSPS) is 53.3. The smallest absolute Gasteiger partial charge is 0.335 e. The van der Waals surface area contributed by atoms with Gasteiger partial charge in [0.1, 0.15) is 61.0 Å². The molecule has 5 aliphatic carbocycles. The Morgan fingerprint density at radius 2 is 1.32 bits per heavy atom. The lowest BCUT2D eigenvalue weighted by atomic mass is 9.33. The molecule has 0 aromatic heterocycles. The van der Waals surface area contributed by atoms with Crippen LogP contribution in [-0.4, -0.2) is 168 Å². The monoisotopic (exact) mass is 941 g/mol. The van der Waals surface area contributed by atoms with Gasteiger partial charge < -0.3 is 79.5 Å². The van der Waals surface area contributed by atoms with Gasteiger partial charge in [-0.25, -0.2) is 4.79 Å². The minimum absolute atomic E-state index is 0.00764. The number of rotatable bonds is 9. The fraction of sp³-hybridized carbons (Fsp3) is 0.917. The average Bonchev–Trinajstić information content (AvgIpc) is 3.24. The number of carboxylic acids is 2. The first-order valence-electron chi connectivity index (χ1n) is 24.2. The van der Waals surface area contributed by atoms with Crippen molar-refractivity contribution in [1.29, 1.82) is 0 Å². The zero-order valence-corrected chi connectivity index (χ0v) is 39.6. The molecule has 3 heterocycles. The number of fused-ring (bicyclic) bond motifs is 7. The van der Waals surface area contributed by atoms with Crippen molar-refractivity contribution in [3.63, 3.8) is 0 Å². The van der Waals surface area contributed by atoms with Crippen LogP contribution in [-0.2, 0) is 38.0 Å². The molecule has 0 aromatic carbocycles. The van der Waals surface area contributed by atoms with Crippen molar-refractivity contribution >= 4 is 11.9 Å². The lowest BCUT2D eigenvalue weighted by Gasteiger charge is -2.71. The highest BCUT2D eigenvalue weighted by molar-refractivity contribution is 5.76. The second-order valence-electron chi connectivity index (χ2n) is 23.5. The van der Waals surface area contributed by atoms with Crippen LogP contribution in [0.15, 0.2) is 11.6 Å².